The van der Waals surface area contributed by atoms with E-state index in [1.165, 1.54) is 20.7 Å². The third-order valence-electron chi connectivity index (χ3n) is 9.35. The van der Waals surface area contributed by atoms with Crippen molar-refractivity contribution >= 4 is 68.6 Å². The van der Waals surface area contributed by atoms with Gasteiger partial charge in [0.25, 0.3) is 0 Å². The number of fused-ring (bicyclic) bond motifs is 3. The molecule has 238 valence electrons. The molecule has 8 rings (SSSR count). The summed E-state index contributed by atoms with van der Waals surface area (Å²) < 4.78 is 2.12. The van der Waals surface area contributed by atoms with Crippen LogP contribution in [-0.2, 0) is 0 Å². The van der Waals surface area contributed by atoms with Crippen molar-refractivity contribution in [2.75, 3.05) is 0 Å². The molecular formula is C45H34N4Si. The molecule has 1 heterocycles. The first-order valence-electron chi connectivity index (χ1n) is 16.8. The van der Waals surface area contributed by atoms with E-state index in [2.05, 4.69) is 168 Å². The van der Waals surface area contributed by atoms with Gasteiger partial charge in [-0.2, -0.15) is 0 Å². The molecule has 0 unspecified atom stereocenters. The molecule has 5 heteroatoms. The molecule has 7 aromatic carbocycles. The smallest absolute Gasteiger partial charge is 0.179 e. The van der Waals surface area contributed by atoms with Gasteiger partial charge in [-0.3, -0.25) is 9.98 Å². The minimum Gasteiger partial charge on any atom is -0.300 e. The first-order valence-corrected chi connectivity index (χ1v) is 18.8. The quantitative estimate of drug-likeness (QED) is 0.0798. The van der Waals surface area contributed by atoms with Crippen molar-refractivity contribution in [3.05, 3.63) is 205 Å². The van der Waals surface area contributed by atoms with E-state index in [1.54, 1.807) is 0 Å². The van der Waals surface area contributed by atoms with Gasteiger partial charge in [0.15, 0.2) is 19.7 Å². The molecular weight excluding hydrogens is 625 g/mol. The summed E-state index contributed by atoms with van der Waals surface area (Å²) in [6, 6.07) is 67.7. The number of hydrogen-bond acceptors (Lipinski definition) is 1. The van der Waals surface area contributed by atoms with Gasteiger partial charge in [0.2, 0.25) is 0 Å². The third kappa shape index (κ3) is 5.60. The zero-order valence-corrected chi connectivity index (χ0v) is 28.4. The fourth-order valence-electron chi connectivity index (χ4n) is 7.08. The van der Waals surface area contributed by atoms with Gasteiger partial charge in [-0.05, 0) is 32.9 Å². The first kappa shape index (κ1) is 30.9. The molecule has 0 saturated heterocycles. The molecule has 0 amide bonds. The molecule has 0 saturated carbocycles. The fraction of sp³-hybridized carbons (Fsp3) is 0. The highest BCUT2D eigenvalue weighted by Crippen LogP contribution is 2.27. The van der Waals surface area contributed by atoms with Crippen LogP contribution in [0.3, 0.4) is 0 Å². The Labute approximate surface area is 292 Å². The molecule has 1 aromatic heterocycles. The number of nitrogens with zero attached hydrogens (tertiary/aromatic N) is 3. The second kappa shape index (κ2) is 13.6. The van der Waals surface area contributed by atoms with E-state index in [0.29, 0.717) is 5.84 Å². The van der Waals surface area contributed by atoms with E-state index in [-0.39, 0.29) is 5.84 Å². The van der Waals surface area contributed by atoms with E-state index < -0.39 is 8.07 Å². The maximum atomic E-state index is 9.05. The minimum atomic E-state index is -2.80. The maximum Gasteiger partial charge on any atom is 0.179 e. The van der Waals surface area contributed by atoms with Crippen LogP contribution in [0.15, 0.2) is 204 Å². The standard InChI is InChI=1S/C45H34N4Si/c46-44(34-18-5-1-6-19-34)48-45(47-33-49-42-30-15-13-28-40(42)41-29-14-16-31-43(41)49)35-20-17-27-39(32-35)50(36-21-7-2-8-22-36,37-23-9-3-10-24-37)38-25-11-4-12-26-38/h1-33,46H. The lowest BCUT2D eigenvalue weighted by Gasteiger charge is -2.34. The van der Waals surface area contributed by atoms with Crippen LogP contribution in [0.1, 0.15) is 11.1 Å². The van der Waals surface area contributed by atoms with Crippen LogP contribution in [0.25, 0.3) is 21.8 Å². The number of nitrogens with one attached hydrogen (secondary N) is 1. The van der Waals surface area contributed by atoms with E-state index in [0.717, 1.165) is 32.9 Å². The monoisotopic (exact) mass is 658 g/mol. The number of aliphatic imine (C=N–C) groups is 2. The van der Waals surface area contributed by atoms with E-state index >= 15 is 0 Å². The highest BCUT2D eigenvalue weighted by molar-refractivity contribution is 7.19. The molecule has 0 atom stereocenters. The summed E-state index contributed by atoms with van der Waals surface area (Å²) in [6.07, 6.45) is 1.85. The lowest BCUT2D eigenvalue weighted by atomic mass is 10.2. The summed E-state index contributed by atoms with van der Waals surface area (Å²) in [5.74, 6) is 0.628. The van der Waals surface area contributed by atoms with Crippen molar-refractivity contribution < 1.29 is 0 Å². The summed E-state index contributed by atoms with van der Waals surface area (Å²) in [6.45, 7) is 0. The third-order valence-corrected chi connectivity index (χ3v) is 14.1. The van der Waals surface area contributed by atoms with Crippen LogP contribution in [0.2, 0.25) is 0 Å². The Morgan fingerprint density at radius 2 is 0.880 bits per heavy atom. The van der Waals surface area contributed by atoms with E-state index in [9.17, 15) is 0 Å². The fourth-order valence-corrected chi connectivity index (χ4v) is 11.9. The van der Waals surface area contributed by atoms with Crippen LogP contribution < -0.4 is 20.7 Å². The zero-order valence-electron chi connectivity index (χ0n) is 27.4. The van der Waals surface area contributed by atoms with Crippen molar-refractivity contribution in [1.29, 1.82) is 5.41 Å². The Balaban J connectivity index is 1.35. The molecule has 0 bridgehead atoms. The summed E-state index contributed by atoms with van der Waals surface area (Å²) in [5, 5.41) is 16.5. The number of benzene rings is 7. The first-order chi connectivity index (χ1) is 24.7. The molecule has 1 N–H and O–H groups in total. The number of rotatable bonds is 7. The van der Waals surface area contributed by atoms with Gasteiger partial charge in [0, 0.05) is 21.9 Å². The lowest BCUT2D eigenvalue weighted by molar-refractivity contribution is 1.31. The maximum absolute atomic E-state index is 9.05. The van der Waals surface area contributed by atoms with Crippen molar-refractivity contribution in [3.8, 4) is 0 Å². The van der Waals surface area contributed by atoms with Crippen LogP contribution in [-0.4, -0.2) is 30.7 Å². The second-order valence-corrected chi connectivity index (χ2v) is 16.0. The van der Waals surface area contributed by atoms with Gasteiger partial charge < -0.3 is 0 Å². The van der Waals surface area contributed by atoms with Gasteiger partial charge in [0.1, 0.15) is 6.34 Å². The zero-order chi connectivity index (χ0) is 33.8. The van der Waals surface area contributed by atoms with Gasteiger partial charge in [-0.25, -0.2) is 9.98 Å². The molecule has 4 nitrogen and oxygen atoms in total. The molecule has 0 aliphatic carbocycles. The molecule has 0 fully saturated rings. The second-order valence-electron chi connectivity index (χ2n) is 12.2. The minimum absolute atomic E-state index is 0.156. The number of hydrogen-bond donors (Lipinski definition) is 1. The number of aromatic nitrogens is 1. The summed E-state index contributed by atoms with van der Waals surface area (Å²) in [5.41, 5.74) is 3.70. The van der Waals surface area contributed by atoms with Crippen LogP contribution >= 0.6 is 0 Å². The SMILES string of the molecule is N=C(N=C(N=Cn1c2ccccc2c2ccccc21)c1cccc([Si](c2ccccc2)(c2ccccc2)c2ccccc2)c1)c1ccccc1. The Morgan fingerprint density at radius 1 is 0.460 bits per heavy atom. The summed E-state index contributed by atoms with van der Waals surface area (Å²) in [7, 11) is -2.80. The van der Waals surface area contributed by atoms with Crippen molar-refractivity contribution in [3.63, 3.8) is 0 Å². The van der Waals surface area contributed by atoms with Crippen LogP contribution in [0, 0.1) is 5.41 Å². The van der Waals surface area contributed by atoms with Crippen LogP contribution in [0.5, 0.6) is 0 Å². The van der Waals surface area contributed by atoms with Gasteiger partial charge in [-0.15, -0.1) is 0 Å². The molecule has 0 radical (unpaired) electrons. The Bertz CT molecular complexity index is 2340. The summed E-state index contributed by atoms with van der Waals surface area (Å²) in [4.78, 5) is 10.0. The molecule has 0 aliphatic heterocycles. The topological polar surface area (TPSA) is 53.5 Å². The normalized spacial score (nSPS) is 12.1. The number of para-hydroxylation sites is 2. The Hall–Kier alpha value is -6.43. The van der Waals surface area contributed by atoms with E-state index in [4.69, 9.17) is 15.4 Å². The van der Waals surface area contributed by atoms with Crippen molar-refractivity contribution in [2.45, 2.75) is 0 Å². The summed E-state index contributed by atoms with van der Waals surface area (Å²) >= 11 is 0. The largest absolute Gasteiger partial charge is 0.300 e. The average molecular weight is 659 g/mol. The van der Waals surface area contributed by atoms with Gasteiger partial charge in [0.05, 0.1) is 11.0 Å². The highest BCUT2D eigenvalue weighted by Gasteiger charge is 2.41. The van der Waals surface area contributed by atoms with Gasteiger partial charge >= 0.3 is 0 Å². The predicted octanol–water partition coefficient (Wildman–Crippen LogP) is 7.52. The molecule has 8 aromatic rings. The van der Waals surface area contributed by atoms with E-state index in [1.807, 2.05) is 36.7 Å². The Kier molecular flexibility index (Phi) is 8.39. The van der Waals surface area contributed by atoms with Crippen molar-refractivity contribution in [2.24, 2.45) is 9.98 Å². The molecule has 0 spiro atoms. The van der Waals surface area contributed by atoms with Gasteiger partial charge in [-0.1, -0.05) is 182 Å². The molecule has 0 aliphatic rings. The molecule has 50 heavy (non-hydrogen) atoms. The Morgan fingerprint density at radius 3 is 1.40 bits per heavy atom. The van der Waals surface area contributed by atoms with Crippen LogP contribution in [0.4, 0.5) is 0 Å². The predicted molar refractivity (Wildman–Crippen MR) is 213 cm³/mol. The van der Waals surface area contributed by atoms with Crippen molar-refractivity contribution in [1.82, 2.24) is 4.57 Å². The lowest BCUT2D eigenvalue weighted by Crippen LogP contribution is -2.74. The average Bonchev–Trinajstić information content (AvgIpc) is 3.52. The highest BCUT2D eigenvalue weighted by atomic mass is 28.3. The number of amidine groups is 2.